The molecule has 0 aliphatic heterocycles. The van der Waals surface area contributed by atoms with Crippen molar-refractivity contribution in [1.82, 2.24) is 0 Å². The second-order valence-corrected chi connectivity index (χ2v) is 5.90. The van der Waals surface area contributed by atoms with Gasteiger partial charge in [-0.15, -0.1) is 11.3 Å². The van der Waals surface area contributed by atoms with Crippen LogP contribution in [-0.2, 0) is 6.42 Å². The fourth-order valence-electron chi connectivity index (χ4n) is 2.51. The average molecular weight is 305 g/mol. The van der Waals surface area contributed by atoms with Gasteiger partial charge in [0.05, 0.1) is 12.7 Å². The van der Waals surface area contributed by atoms with Crippen molar-refractivity contribution in [3.63, 3.8) is 0 Å². The lowest BCUT2D eigenvalue weighted by Crippen LogP contribution is -2.20. The zero-order valence-electron chi connectivity index (χ0n) is 12.6. The Kier molecular flexibility index (Phi) is 5.79. The maximum absolute atomic E-state index is 10.7. The van der Waals surface area contributed by atoms with E-state index in [2.05, 4.69) is 13.0 Å². The van der Waals surface area contributed by atoms with Gasteiger partial charge in [-0.05, 0) is 48.1 Å². The standard InChI is InChI=1S/C17H23NO2S/c1-3-12-9-10-21-17(12)16(19)15(11-18)13-5-7-14(8-6-13)20-4-2/h5-10,15-16,19H,3-4,11,18H2,1-2H3. The molecule has 114 valence electrons. The molecule has 0 aliphatic carbocycles. The van der Waals surface area contributed by atoms with Gasteiger partial charge in [0.25, 0.3) is 0 Å². The van der Waals surface area contributed by atoms with Crippen molar-refractivity contribution in [1.29, 1.82) is 0 Å². The second kappa shape index (κ2) is 7.59. The summed E-state index contributed by atoms with van der Waals surface area (Å²) in [4.78, 5) is 1.03. The molecule has 0 amide bonds. The van der Waals surface area contributed by atoms with E-state index in [1.807, 2.05) is 36.6 Å². The Hall–Kier alpha value is -1.36. The maximum Gasteiger partial charge on any atom is 0.119 e. The molecular formula is C17H23NO2S. The fraction of sp³-hybridized carbons (Fsp3) is 0.412. The zero-order chi connectivity index (χ0) is 15.2. The highest BCUT2D eigenvalue weighted by atomic mass is 32.1. The first-order valence-corrected chi connectivity index (χ1v) is 8.26. The summed E-state index contributed by atoms with van der Waals surface area (Å²) in [5, 5.41) is 12.7. The van der Waals surface area contributed by atoms with Crippen molar-refractivity contribution in [2.75, 3.05) is 13.2 Å². The molecule has 0 aliphatic rings. The smallest absolute Gasteiger partial charge is 0.119 e. The summed E-state index contributed by atoms with van der Waals surface area (Å²) in [5.41, 5.74) is 8.16. The molecule has 0 spiro atoms. The maximum atomic E-state index is 10.7. The Labute approximate surface area is 130 Å². The Bertz CT molecular complexity index is 550. The summed E-state index contributed by atoms with van der Waals surface area (Å²) in [6.45, 7) is 5.13. The number of rotatable bonds is 7. The highest BCUT2D eigenvalue weighted by Crippen LogP contribution is 2.35. The minimum Gasteiger partial charge on any atom is -0.494 e. The molecule has 21 heavy (non-hydrogen) atoms. The number of aliphatic hydroxyl groups excluding tert-OH is 1. The Morgan fingerprint density at radius 1 is 1.19 bits per heavy atom. The summed E-state index contributed by atoms with van der Waals surface area (Å²) in [6.07, 6.45) is 0.374. The Morgan fingerprint density at radius 2 is 1.90 bits per heavy atom. The molecule has 0 saturated heterocycles. The van der Waals surface area contributed by atoms with Crippen LogP contribution >= 0.6 is 11.3 Å². The summed E-state index contributed by atoms with van der Waals surface area (Å²) in [5.74, 6) is 0.751. The number of hydrogen-bond acceptors (Lipinski definition) is 4. The predicted octanol–water partition coefficient (Wildman–Crippen LogP) is 3.49. The predicted molar refractivity (Wildman–Crippen MR) is 88.1 cm³/mol. The molecule has 1 aromatic carbocycles. The zero-order valence-corrected chi connectivity index (χ0v) is 13.4. The average Bonchev–Trinajstić information content (AvgIpc) is 2.98. The van der Waals surface area contributed by atoms with Gasteiger partial charge >= 0.3 is 0 Å². The molecule has 0 radical (unpaired) electrons. The van der Waals surface area contributed by atoms with Crippen LogP contribution in [0.3, 0.4) is 0 Å². The van der Waals surface area contributed by atoms with Crippen LogP contribution in [0, 0.1) is 0 Å². The summed E-state index contributed by atoms with van der Waals surface area (Å²) in [6, 6.07) is 9.93. The van der Waals surface area contributed by atoms with Crippen LogP contribution < -0.4 is 10.5 Å². The first-order valence-electron chi connectivity index (χ1n) is 7.38. The quantitative estimate of drug-likeness (QED) is 0.823. The molecule has 0 bridgehead atoms. The van der Waals surface area contributed by atoms with Gasteiger partial charge in [0.1, 0.15) is 5.75 Å². The number of ether oxygens (including phenoxy) is 1. The number of hydrogen-bond donors (Lipinski definition) is 2. The SMILES string of the molecule is CCOc1ccc(C(CN)C(O)c2sccc2CC)cc1. The molecule has 2 unspecified atom stereocenters. The van der Waals surface area contributed by atoms with Gasteiger partial charge in [-0.25, -0.2) is 0 Å². The molecule has 3 nitrogen and oxygen atoms in total. The van der Waals surface area contributed by atoms with Gasteiger partial charge in [0, 0.05) is 17.3 Å². The third-order valence-corrected chi connectivity index (χ3v) is 4.71. The highest BCUT2D eigenvalue weighted by molar-refractivity contribution is 7.10. The number of aliphatic hydroxyl groups is 1. The van der Waals surface area contributed by atoms with Crippen LogP contribution in [0.25, 0.3) is 0 Å². The lowest BCUT2D eigenvalue weighted by molar-refractivity contribution is 0.150. The van der Waals surface area contributed by atoms with Gasteiger partial charge in [-0.2, -0.15) is 0 Å². The molecule has 1 aromatic heterocycles. The third-order valence-electron chi connectivity index (χ3n) is 3.68. The van der Waals surface area contributed by atoms with Gasteiger partial charge < -0.3 is 15.6 Å². The Balaban J connectivity index is 2.22. The molecule has 1 heterocycles. The molecule has 2 atom stereocenters. The molecule has 4 heteroatoms. The van der Waals surface area contributed by atoms with E-state index in [1.165, 1.54) is 5.56 Å². The van der Waals surface area contributed by atoms with Crippen LogP contribution in [0.1, 0.15) is 41.9 Å². The lowest BCUT2D eigenvalue weighted by Gasteiger charge is -2.22. The van der Waals surface area contributed by atoms with Gasteiger partial charge in [-0.3, -0.25) is 0 Å². The minimum absolute atomic E-state index is 0.0929. The summed E-state index contributed by atoms with van der Waals surface area (Å²) in [7, 11) is 0. The highest BCUT2D eigenvalue weighted by Gasteiger charge is 2.24. The normalized spacial score (nSPS) is 13.9. The molecule has 0 saturated carbocycles. The van der Waals surface area contributed by atoms with Gasteiger partial charge in [0.15, 0.2) is 0 Å². The van der Waals surface area contributed by atoms with Crippen LogP contribution in [-0.4, -0.2) is 18.3 Å². The van der Waals surface area contributed by atoms with Crippen molar-refractivity contribution in [2.24, 2.45) is 5.73 Å². The van der Waals surface area contributed by atoms with E-state index in [4.69, 9.17) is 10.5 Å². The second-order valence-electron chi connectivity index (χ2n) is 4.95. The van der Waals surface area contributed by atoms with E-state index >= 15 is 0 Å². The van der Waals surface area contributed by atoms with E-state index in [0.717, 1.165) is 22.6 Å². The van der Waals surface area contributed by atoms with Crippen molar-refractivity contribution in [3.8, 4) is 5.75 Å². The largest absolute Gasteiger partial charge is 0.494 e. The number of benzene rings is 1. The lowest BCUT2D eigenvalue weighted by atomic mass is 9.91. The van der Waals surface area contributed by atoms with Crippen LogP contribution in [0.2, 0.25) is 0 Å². The van der Waals surface area contributed by atoms with Gasteiger partial charge in [-0.1, -0.05) is 19.1 Å². The van der Waals surface area contributed by atoms with Crippen molar-refractivity contribution >= 4 is 11.3 Å². The number of nitrogens with two attached hydrogens (primary N) is 1. The first kappa shape index (κ1) is 16.0. The molecule has 0 fully saturated rings. The van der Waals surface area contributed by atoms with Crippen LogP contribution in [0.15, 0.2) is 35.7 Å². The monoisotopic (exact) mass is 305 g/mol. The summed E-state index contributed by atoms with van der Waals surface area (Å²) < 4.78 is 5.45. The van der Waals surface area contributed by atoms with Crippen molar-refractivity contribution < 1.29 is 9.84 Å². The van der Waals surface area contributed by atoms with E-state index in [1.54, 1.807) is 11.3 Å². The Morgan fingerprint density at radius 3 is 2.48 bits per heavy atom. The summed E-state index contributed by atoms with van der Waals surface area (Å²) >= 11 is 1.60. The molecule has 2 rings (SSSR count). The van der Waals surface area contributed by atoms with E-state index < -0.39 is 6.10 Å². The molecule has 3 N–H and O–H groups in total. The number of aryl methyl sites for hydroxylation is 1. The third kappa shape index (κ3) is 3.64. The van der Waals surface area contributed by atoms with E-state index in [0.29, 0.717) is 13.2 Å². The van der Waals surface area contributed by atoms with E-state index in [9.17, 15) is 5.11 Å². The fourth-order valence-corrected chi connectivity index (χ4v) is 3.55. The van der Waals surface area contributed by atoms with Crippen LogP contribution in [0.5, 0.6) is 5.75 Å². The van der Waals surface area contributed by atoms with Crippen molar-refractivity contribution in [3.05, 3.63) is 51.7 Å². The first-order chi connectivity index (χ1) is 10.2. The number of thiophene rings is 1. The topological polar surface area (TPSA) is 55.5 Å². The van der Waals surface area contributed by atoms with Gasteiger partial charge in [0.2, 0.25) is 0 Å². The van der Waals surface area contributed by atoms with Crippen molar-refractivity contribution in [2.45, 2.75) is 32.3 Å². The molecule has 2 aromatic rings. The minimum atomic E-state index is -0.553. The molecular weight excluding hydrogens is 282 g/mol. The van der Waals surface area contributed by atoms with E-state index in [-0.39, 0.29) is 5.92 Å². The van der Waals surface area contributed by atoms with Crippen LogP contribution in [0.4, 0.5) is 0 Å².